The predicted molar refractivity (Wildman–Crippen MR) is 110 cm³/mol. The first kappa shape index (κ1) is 21.0. The van der Waals surface area contributed by atoms with Crippen LogP contribution in [0.3, 0.4) is 0 Å². The van der Waals surface area contributed by atoms with Crippen LogP contribution in [-0.4, -0.2) is 24.4 Å². The van der Waals surface area contributed by atoms with E-state index in [1.165, 1.54) is 0 Å². The summed E-state index contributed by atoms with van der Waals surface area (Å²) in [4.78, 5) is 20.2. The first-order valence-electron chi connectivity index (χ1n) is 8.87. The molecule has 8 heteroatoms. The second-order valence-corrected chi connectivity index (χ2v) is 9.00. The van der Waals surface area contributed by atoms with Gasteiger partial charge in [-0.2, -0.15) is 0 Å². The molecule has 0 atom stereocenters. The number of hydrogen-bond donors (Lipinski definition) is 0. The monoisotopic (exact) mass is 430 g/mol. The van der Waals surface area contributed by atoms with E-state index in [-0.39, 0.29) is 16.5 Å². The van der Waals surface area contributed by atoms with Gasteiger partial charge in [-0.05, 0) is 29.2 Å². The number of halogens is 1. The van der Waals surface area contributed by atoms with Crippen LogP contribution in [0.4, 0.5) is 0 Å². The molecule has 0 aliphatic heterocycles. The van der Waals surface area contributed by atoms with Crippen LogP contribution in [0, 0.1) is 0 Å². The second kappa shape index (κ2) is 8.71. The molecule has 2 aromatic carbocycles. The summed E-state index contributed by atoms with van der Waals surface area (Å²) in [6, 6.07) is 15.7. The Hall–Kier alpha value is -2.77. The van der Waals surface area contributed by atoms with Crippen molar-refractivity contribution in [3.63, 3.8) is 0 Å². The Kier molecular flexibility index (Phi) is 6.30. The number of aromatic nitrogens is 2. The molecular weight excluding hydrogens is 412 g/mol. The topological polar surface area (TPSA) is 86.2 Å². The van der Waals surface area contributed by atoms with Crippen LogP contribution >= 0.6 is 11.6 Å². The summed E-state index contributed by atoms with van der Waals surface area (Å²) in [6.45, 7) is 4.11. The van der Waals surface area contributed by atoms with Gasteiger partial charge in [0.05, 0.1) is 17.0 Å². The lowest BCUT2D eigenvalue weighted by molar-refractivity contribution is 0.0727. The van der Waals surface area contributed by atoms with Crippen LogP contribution in [0.1, 0.15) is 41.4 Å². The molecule has 6 nitrogen and oxygen atoms in total. The molecule has 3 rings (SSSR count). The van der Waals surface area contributed by atoms with Gasteiger partial charge in [-0.25, -0.2) is 23.2 Å². The van der Waals surface area contributed by atoms with Crippen molar-refractivity contribution in [2.75, 3.05) is 0 Å². The van der Waals surface area contributed by atoms with Gasteiger partial charge in [0.1, 0.15) is 5.75 Å². The zero-order chi connectivity index (χ0) is 21.0. The standard InChI is InChI=1S/C21H19ClN2O4S/c1-14(2)16-8-10-17(11-9-16)28-20(25)19-18(22)12-23-21(24-19)29(26,27)13-15-6-4-3-5-7-15/h3-12,14H,13H2,1-2H3. The molecule has 0 saturated heterocycles. The number of sulfone groups is 1. The number of esters is 1. The summed E-state index contributed by atoms with van der Waals surface area (Å²) >= 11 is 6.01. The number of hydrogen-bond acceptors (Lipinski definition) is 6. The van der Waals surface area contributed by atoms with Gasteiger partial charge in [-0.15, -0.1) is 0 Å². The smallest absolute Gasteiger partial charge is 0.364 e. The normalized spacial score (nSPS) is 11.4. The fraction of sp³-hybridized carbons (Fsp3) is 0.190. The summed E-state index contributed by atoms with van der Waals surface area (Å²) in [5.41, 5.74) is 1.38. The number of ether oxygens (including phenoxy) is 1. The molecule has 29 heavy (non-hydrogen) atoms. The molecule has 0 unspecified atom stereocenters. The average molecular weight is 431 g/mol. The molecule has 0 saturated carbocycles. The van der Waals surface area contributed by atoms with Gasteiger partial charge in [0.2, 0.25) is 15.0 Å². The molecule has 0 aliphatic rings. The van der Waals surface area contributed by atoms with Gasteiger partial charge < -0.3 is 4.74 Å². The molecule has 150 valence electrons. The van der Waals surface area contributed by atoms with Crippen LogP contribution in [0.15, 0.2) is 66.0 Å². The Morgan fingerprint density at radius 2 is 1.72 bits per heavy atom. The number of benzene rings is 2. The van der Waals surface area contributed by atoms with Crippen molar-refractivity contribution < 1.29 is 17.9 Å². The summed E-state index contributed by atoms with van der Waals surface area (Å²) in [5.74, 6) is -0.497. The molecule has 1 heterocycles. The van der Waals surface area contributed by atoms with E-state index >= 15 is 0 Å². The maximum atomic E-state index is 12.6. The Balaban J connectivity index is 1.83. The molecule has 3 aromatic rings. The van der Waals surface area contributed by atoms with Gasteiger partial charge in [-0.3, -0.25) is 0 Å². The predicted octanol–water partition coefficient (Wildman–Crippen LogP) is 4.45. The van der Waals surface area contributed by atoms with Crippen molar-refractivity contribution in [3.8, 4) is 5.75 Å². The first-order valence-corrected chi connectivity index (χ1v) is 10.9. The fourth-order valence-electron chi connectivity index (χ4n) is 2.58. The molecule has 0 aliphatic carbocycles. The van der Waals surface area contributed by atoms with Crippen molar-refractivity contribution >= 4 is 27.4 Å². The quantitative estimate of drug-likeness (QED) is 0.326. The number of rotatable bonds is 6. The molecule has 0 N–H and O–H groups in total. The molecule has 0 radical (unpaired) electrons. The highest BCUT2D eigenvalue weighted by Gasteiger charge is 2.24. The lowest BCUT2D eigenvalue weighted by atomic mass is 10.0. The van der Waals surface area contributed by atoms with Gasteiger partial charge in [0, 0.05) is 0 Å². The highest BCUT2D eigenvalue weighted by molar-refractivity contribution is 7.90. The SMILES string of the molecule is CC(C)c1ccc(OC(=O)c2nc(S(=O)(=O)Cc3ccccc3)ncc2Cl)cc1. The Labute approximate surface area is 174 Å². The van der Waals surface area contributed by atoms with Crippen molar-refractivity contribution in [1.29, 1.82) is 0 Å². The summed E-state index contributed by atoms with van der Waals surface area (Å²) in [6.07, 6.45) is 1.09. The van der Waals surface area contributed by atoms with Gasteiger partial charge in [-0.1, -0.05) is 67.9 Å². The van der Waals surface area contributed by atoms with E-state index in [2.05, 4.69) is 23.8 Å². The number of carbonyl (C=O) groups excluding carboxylic acids is 1. The van der Waals surface area contributed by atoms with E-state index in [9.17, 15) is 13.2 Å². The molecule has 0 bridgehead atoms. The molecular formula is C21H19ClN2O4S. The largest absolute Gasteiger partial charge is 0.422 e. The second-order valence-electron chi connectivity index (χ2n) is 6.71. The van der Waals surface area contributed by atoms with Gasteiger partial charge in [0.15, 0.2) is 5.69 Å². The molecule has 0 fully saturated rings. The minimum Gasteiger partial charge on any atom is -0.422 e. The summed E-state index contributed by atoms with van der Waals surface area (Å²) in [7, 11) is -3.86. The maximum absolute atomic E-state index is 12.6. The summed E-state index contributed by atoms with van der Waals surface area (Å²) < 4.78 is 30.5. The first-order chi connectivity index (χ1) is 13.8. The van der Waals surface area contributed by atoms with Crippen molar-refractivity contribution in [1.82, 2.24) is 9.97 Å². The van der Waals surface area contributed by atoms with Crippen molar-refractivity contribution in [3.05, 3.63) is 82.6 Å². The third kappa shape index (κ3) is 5.19. The lowest BCUT2D eigenvalue weighted by Crippen LogP contribution is -2.16. The highest BCUT2D eigenvalue weighted by Crippen LogP contribution is 2.22. The summed E-state index contributed by atoms with van der Waals surface area (Å²) in [5, 5.41) is -0.569. The Morgan fingerprint density at radius 1 is 1.07 bits per heavy atom. The molecule has 0 amide bonds. The highest BCUT2D eigenvalue weighted by atomic mass is 35.5. The van der Waals surface area contributed by atoms with Crippen molar-refractivity contribution in [2.45, 2.75) is 30.7 Å². The fourth-order valence-corrected chi connectivity index (χ4v) is 3.95. The van der Waals surface area contributed by atoms with E-state index < -0.39 is 21.0 Å². The molecule has 1 aromatic heterocycles. The van der Waals surface area contributed by atoms with Crippen LogP contribution < -0.4 is 4.74 Å². The van der Waals surface area contributed by atoms with Crippen LogP contribution in [-0.2, 0) is 15.6 Å². The Bertz CT molecular complexity index is 1120. The van der Waals surface area contributed by atoms with Gasteiger partial charge >= 0.3 is 5.97 Å². The lowest BCUT2D eigenvalue weighted by Gasteiger charge is -2.09. The van der Waals surface area contributed by atoms with Gasteiger partial charge in [0.25, 0.3) is 0 Å². The van der Waals surface area contributed by atoms with E-state index in [1.54, 1.807) is 42.5 Å². The van der Waals surface area contributed by atoms with Crippen LogP contribution in [0.5, 0.6) is 5.75 Å². The van der Waals surface area contributed by atoms with Crippen LogP contribution in [0.2, 0.25) is 5.02 Å². The van der Waals surface area contributed by atoms with Crippen molar-refractivity contribution in [2.24, 2.45) is 0 Å². The average Bonchev–Trinajstić information content (AvgIpc) is 2.69. The minimum atomic E-state index is -3.86. The zero-order valence-corrected chi connectivity index (χ0v) is 17.4. The maximum Gasteiger partial charge on any atom is 0.364 e. The van der Waals surface area contributed by atoms with E-state index in [0.717, 1.165) is 11.8 Å². The Morgan fingerprint density at radius 3 is 2.34 bits per heavy atom. The number of carbonyl (C=O) groups is 1. The minimum absolute atomic E-state index is 0.0903. The third-order valence-corrected chi connectivity index (χ3v) is 5.89. The molecule has 0 spiro atoms. The van der Waals surface area contributed by atoms with E-state index in [0.29, 0.717) is 17.2 Å². The van der Waals surface area contributed by atoms with E-state index in [4.69, 9.17) is 16.3 Å². The number of nitrogens with zero attached hydrogens (tertiary/aromatic N) is 2. The van der Waals surface area contributed by atoms with E-state index in [1.807, 2.05) is 12.1 Å². The van der Waals surface area contributed by atoms with Crippen LogP contribution in [0.25, 0.3) is 0 Å². The zero-order valence-electron chi connectivity index (χ0n) is 15.9. The third-order valence-electron chi connectivity index (χ3n) is 4.15.